The van der Waals surface area contributed by atoms with Crippen LogP contribution in [0.3, 0.4) is 0 Å². The van der Waals surface area contributed by atoms with Crippen LogP contribution in [0.2, 0.25) is 0 Å². The molecule has 0 saturated carbocycles. The second-order valence-electron chi connectivity index (χ2n) is 6.40. The van der Waals surface area contributed by atoms with Gasteiger partial charge in [-0.05, 0) is 25.5 Å². The van der Waals surface area contributed by atoms with E-state index in [0.29, 0.717) is 25.1 Å². The van der Waals surface area contributed by atoms with Crippen LogP contribution in [0.1, 0.15) is 22.5 Å². The van der Waals surface area contributed by atoms with Gasteiger partial charge in [-0.3, -0.25) is 19.3 Å². The predicted molar refractivity (Wildman–Crippen MR) is 97.3 cm³/mol. The van der Waals surface area contributed by atoms with Crippen molar-refractivity contribution in [2.24, 2.45) is 0 Å². The second kappa shape index (κ2) is 6.60. The zero-order chi connectivity index (χ0) is 18.3. The van der Waals surface area contributed by atoms with Crippen molar-refractivity contribution in [2.45, 2.75) is 19.4 Å². The summed E-state index contributed by atoms with van der Waals surface area (Å²) in [4.78, 5) is 39.7. The fourth-order valence-corrected chi connectivity index (χ4v) is 4.25. The molecule has 0 aliphatic carbocycles. The van der Waals surface area contributed by atoms with Gasteiger partial charge in [0.2, 0.25) is 5.91 Å². The van der Waals surface area contributed by atoms with Crippen LogP contribution in [-0.2, 0) is 4.79 Å². The summed E-state index contributed by atoms with van der Waals surface area (Å²) >= 11 is 1.03. The SMILES string of the molecule is Cc1c(C(=O)N2CCC(N3C(=O)CSC3=O)C2)cnn1-c1ccccc1. The van der Waals surface area contributed by atoms with Gasteiger partial charge < -0.3 is 4.90 Å². The molecule has 8 heteroatoms. The maximum absolute atomic E-state index is 12.9. The first kappa shape index (κ1) is 16.8. The van der Waals surface area contributed by atoms with Gasteiger partial charge in [0.1, 0.15) is 0 Å². The summed E-state index contributed by atoms with van der Waals surface area (Å²) in [5.74, 6) is -0.0713. The van der Waals surface area contributed by atoms with E-state index in [1.165, 1.54) is 4.90 Å². The second-order valence-corrected chi connectivity index (χ2v) is 7.33. The van der Waals surface area contributed by atoms with Crippen molar-refractivity contribution < 1.29 is 14.4 Å². The fourth-order valence-electron chi connectivity index (χ4n) is 3.47. The monoisotopic (exact) mass is 370 g/mol. The zero-order valence-electron chi connectivity index (χ0n) is 14.3. The molecular weight excluding hydrogens is 352 g/mol. The molecule has 1 atom stereocenters. The smallest absolute Gasteiger partial charge is 0.289 e. The largest absolute Gasteiger partial charge is 0.336 e. The zero-order valence-corrected chi connectivity index (χ0v) is 15.1. The van der Waals surface area contributed by atoms with Crippen LogP contribution in [0.25, 0.3) is 5.69 Å². The molecule has 0 spiro atoms. The quantitative estimate of drug-likeness (QED) is 0.827. The Balaban J connectivity index is 1.52. The van der Waals surface area contributed by atoms with Gasteiger partial charge in [-0.2, -0.15) is 5.10 Å². The van der Waals surface area contributed by atoms with Gasteiger partial charge in [-0.1, -0.05) is 30.0 Å². The van der Waals surface area contributed by atoms with E-state index in [-0.39, 0.29) is 28.8 Å². The molecule has 0 N–H and O–H groups in total. The molecule has 2 fully saturated rings. The van der Waals surface area contributed by atoms with E-state index < -0.39 is 0 Å². The molecule has 26 heavy (non-hydrogen) atoms. The number of para-hydroxylation sites is 1. The summed E-state index contributed by atoms with van der Waals surface area (Å²) in [7, 11) is 0. The van der Waals surface area contributed by atoms with E-state index in [9.17, 15) is 14.4 Å². The Labute approximate surface area is 154 Å². The Morgan fingerprint density at radius 2 is 2.00 bits per heavy atom. The third-order valence-electron chi connectivity index (χ3n) is 4.84. The number of carbonyl (C=O) groups excluding carboxylic acids is 3. The van der Waals surface area contributed by atoms with Crippen molar-refractivity contribution in [1.29, 1.82) is 0 Å². The highest BCUT2D eigenvalue weighted by molar-refractivity contribution is 8.14. The first-order valence-corrected chi connectivity index (χ1v) is 9.43. The van der Waals surface area contributed by atoms with Gasteiger partial charge in [0.05, 0.1) is 34.9 Å². The third kappa shape index (κ3) is 2.80. The molecule has 1 aromatic heterocycles. The lowest BCUT2D eigenvalue weighted by Crippen LogP contribution is -2.41. The van der Waals surface area contributed by atoms with Crippen molar-refractivity contribution >= 4 is 28.8 Å². The Morgan fingerprint density at radius 3 is 2.69 bits per heavy atom. The summed E-state index contributed by atoms with van der Waals surface area (Å²) < 4.78 is 1.74. The summed E-state index contributed by atoms with van der Waals surface area (Å²) in [6.45, 7) is 2.78. The molecule has 134 valence electrons. The van der Waals surface area contributed by atoms with Crippen LogP contribution in [0.5, 0.6) is 0 Å². The Bertz CT molecular complexity index is 864. The molecule has 3 amide bonds. The Morgan fingerprint density at radius 1 is 1.23 bits per heavy atom. The van der Waals surface area contributed by atoms with Gasteiger partial charge in [0.15, 0.2) is 0 Å². The standard InChI is InChI=1S/C18H18N4O3S/c1-12-15(9-19-22(12)13-5-3-2-4-6-13)17(24)20-8-7-14(10-20)21-16(23)11-26-18(21)25/h2-6,9,14H,7-8,10-11H2,1H3. The molecule has 1 unspecified atom stereocenters. The highest BCUT2D eigenvalue weighted by atomic mass is 32.2. The predicted octanol–water partition coefficient (Wildman–Crippen LogP) is 2.09. The van der Waals surface area contributed by atoms with Crippen molar-refractivity contribution in [2.75, 3.05) is 18.8 Å². The Kier molecular flexibility index (Phi) is 4.28. The number of amides is 3. The van der Waals surface area contributed by atoms with Gasteiger partial charge in [0, 0.05) is 13.1 Å². The van der Waals surface area contributed by atoms with E-state index in [2.05, 4.69) is 5.10 Å². The van der Waals surface area contributed by atoms with Crippen molar-refractivity contribution in [3.63, 3.8) is 0 Å². The van der Waals surface area contributed by atoms with Crippen LogP contribution < -0.4 is 0 Å². The number of hydrogen-bond donors (Lipinski definition) is 0. The van der Waals surface area contributed by atoms with Gasteiger partial charge in [0.25, 0.3) is 11.1 Å². The first-order chi connectivity index (χ1) is 12.6. The van der Waals surface area contributed by atoms with Crippen LogP contribution in [0.15, 0.2) is 36.5 Å². The van der Waals surface area contributed by atoms with E-state index in [1.54, 1.807) is 15.8 Å². The van der Waals surface area contributed by atoms with Gasteiger partial charge in [-0.15, -0.1) is 0 Å². The van der Waals surface area contributed by atoms with Crippen molar-refractivity contribution in [1.82, 2.24) is 19.6 Å². The number of hydrogen-bond acceptors (Lipinski definition) is 5. The van der Waals surface area contributed by atoms with E-state index in [4.69, 9.17) is 0 Å². The van der Waals surface area contributed by atoms with Crippen LogP contribution in [-0.4, -0.2) is 61.5 Å². The molecule has 4 rings (SSSR count). The third-order valence-corrected chi connectivity index (χ3v) is 5.68. The number of thioether (sulfide) groups is 1. The number of rotatable bonds is 3. The molecule has 2 saturated heterocycles. The summed E-state index contributed by atoms with van der Waals surface area (Å²) in [5, 5.41) is 4.14. The fraction of sp³-hybridized carbons (Fsp3) is 0.333. The average Bonchev–Trinajstić information content (AvgIpc) is 3.35. The van der Waals surface area contributed by atoms with E-state index in [0.717, 1.165) is 23.1 Å². The maximum Gasteiger partial charge on any atom is 0.289 e. The molecular formula is C18H18N4O3S. The Hall–Kier alpha value is -2.61. The summed E-state index contributed by atoms with van der Waals surface area (Å²) in [6, 6.07) is 9.41. The lowest BCUT2D eigenvalue weighted by atomic mass is 10.2. The number of imide groups is 1. The highest BCUT2D eigenvalue weighted by Crippen LogP contribution is 2.27. The molecule has 2 aromatic rings. The number of carbonyl (C=O) groups is 3. The van der Waals surface area contributed by atoms with Gasteiger partial charge >= 0.3 is 0 Å². The van der Waals surface area contributed by atoms with Crippen LogP contribution in [0, 0.1) is 6.92 Å². The average molecular weight is 370 g/mol. The number of benzene rings is 1. The van der Waals surface area contributed by atoms with Crippen LogP contribution in [0.4, 0.5) is 4.79 Å². The molecule has 0 bridgehead atoms. The normalized spacial score (nSPS) is 20.3. The van der Waals surface area contributed by atoms with Crippen molar-refractivity contribution in [3.05, 3.63) is 47.8 Å². The molecule has 2 aliphatic rings. The number of nitrogens with zero attached hydrogens (tertiary/aromatic N) is 4. The van der Waals surface area contributed by atoms with Gasteiger partial charge in [-0.25, -0.2) is 4.68 Å². The molecule has 0 radical (unpaired) electrons. The van der Waals surface area contributed by atoms with E-state index in [1.807, 2.05) is 37.3 Å². The topological polar surface area (TPSA) is 75.5 Å². The lowest BCUT2D eigenvalue weighted by Gasteiger charge is -2.21. The first-order valence-electron chi connectivity index (χ1n) is 8.44. The maximum atomic E-state index is 12.9. The molecule has 7 nitrogen and oxygen atoms in total. The van der Waals surface area contributed by atoms with Crippen LogP contribution >= 0.6 is 11.8 Å². The van der Waals surface area contributed by atoms with E-state index >= 15 is 0 Å². The minimum Gasteiger partial charge on any atom is -0.336 e. The number of likely N-dealkylation sites (tertiary alicyclic amines) is 1. The molecule has 2 aliphatic heterocycles. The molecule has 3 heterocycles. The summed E-state index contributed by atoms with van der Waals surface area (Å²) in [5.41, 5.74) is 2.21. The lowest BCUT2D eigenvalue weighted by molar-refractivity contribution is -0.126. The number of aromatic nitrogens is 2. The van der Waals surface area contributed by atoms with Crippen molar-refractivity contribution in [3.8, 4) is 5.69 Å². The highest BCUT2D eigenvalue weighted by Gasteiger charge is 2.40. The molecule has 1 aromatic carbocycles. The minimum atomic E-state index is -0.224. The summed E-state index contributed by atoms with van der Waals surface area (Å²) in [6.07, 6.45) is 2.20. The minimum absolute atomic E-state index is 0.112.